The van der Waals surface area contributed by atoms with Gasteiger partial charge in [0.1, 0.15) is 0 Å². The van der Waals surface area contributed by atoms with Crippen LogP contribution in [0.15, 0.2) is 67.0 Å². The van der Waals surface area contributed by atoms with E-state index in [1.54, 1.807) is 54.9 Å². The topological polar surface area (TPSA) is 77.5 Å². The van der Waals surface area contributed by atoms with Crippen LogP contribution in [0.25, 0.3) is 0 Å². The lowest BCUT2D eigenvalue weighted by Crippen LogP contribution is -2.09. The Kier molecular flexibility index (Phi) is 5.01. The van der Waals surface area contributed by atoms with Gasteiger partial charge in [0.25, 0.3) is 0 Å². The highest BCUT2D eigenvalue weighted by Gasteiger charge is 2.16. The van der Waals surface area contributed by atoms with Crippen molar-refractivity contribution in [1.29, 1.82) is 0 Å². The van der Waals surface area contributed by atoms with E-state index in [1.807, 2.05) is 12.1 Å². The van der Waals surface area contributed by atoms with Crippen LogP contribution in [0.3, 0.4) is 0 Å². The number of Topliss-reactive ketones (excluding diaryl/α,β-unsaturated/α-hetero) is 1. The fourth-order valence-electron chi connectivity index (χ4n) is 2.94. The number of carbonyl (C=O) groups is 2. The minimum atomic E-state index is -0.0491. The molecule has 28 heavy (non-hydrogen) atoms. The van der Waals surface area contributed by atoms with E-state index in [4.69, 9.17) is 9.47 Å². The van der Waals surface area contributed by atoms with Gasteiger partial charge in [-0.2, -0.15) is 0 Å². The summed E-state index contributed by atoms with van der Waals surface area (Å²) in [5, 5.41) is 3.21. The Morgan fingerprint density at radius 2 is 1.54 bits per heavy atom. The molecular formula is C22H18N2O4. The van der Waals surface area contributed by atoms with Crippen molar-refractivity contribution < 1.29 is 19.1 Å². The quantitative estimate of drug-likeness (QED) is 0.635. The highest BCUT2D eigenvalue weighted by Crippen LogP contribution is 2.32. The molecule has 1 aliphatic heterocycles. The van der Waals surface area contributed by atoms with Crippen LogP contribution in [0.1, 0.15) is 32.7 Å². The van der Waals surface area contributed by atoms with Gasteiger partial charge >= 0.3 is 0 Å². The molecule has 6 heteroatoms. The third-order valence-electron chi connectivity index (χ3n) is 4.47. The van der Waals surface area contributed by atoms with Crippen molar-refractivity contribution in [3.05, 3.63) is 83.7 Å². The lowest BCUT2D eigenvalue weighted by molar-refractivity contribution is 0.0985. The minimum absolute atomic E-state index is 0.0234. The molecule has 2 aromatic carbocycles. The molecule has 1 aromatic heterocycles. The van der Waals surface area contributed by atoms with Crippen molar-refractivity contribution in [1.82, 2.24) is 4.98 Å². The molecule has 0 spiro atoms. The Morgan fingerprint density at radius 1 is 0.857 bits per heavy atom. The van der Waals surface area contributed by atoms with Crippen LogP contribution >= 0.6 is 0 Å². The Bertz CT molecular complexity index is 1000. The summed E-state index contributed by atoms with van der Waals surface area (Å²) in [6.45, 7) is 0.680. The highest BCUT2D eigenvalue weighted by atomic mass is 16.7. The number of aromatic nitrogens is 1. The number of pyridine rings is 1. The number of benzene rings is 2. The molecule has 0 fully saturated rings. The first kappa shape index (κ1) is 17.7. The van der Waals surface area contributed by atoms with Crippen molar-refractivity contribution in [3.63, 3.8) is 0 Å². The molecule has 140 valence electrons. The second-order valence-electron chi connectivity index (χ2n) is 6.31. The summed E-state index contributed by atoms with van der Waals surface area (Å²) < 4.78 is 10.6. The SMILES string of the molecule is O=C(CCNc1ccc(C(=O)c2ccncc2)cc1)c1ccc2c(c1)OCO2. The van der Waals surface area contributed by atoms with Gasteiger partial charge in [0, 0.05) is 47.7 Å². The number of hydrogen-bond acceptors (Lipinski definition) is 6. The fraction of sp³-hybridized carbons (Fsp3) is 0.136. The summed E-state index contributed by atoms with van der Waals surface area (Å²) in [4.78, 5) is 28.7. The summed E-state index contributed by atoms with van der Waals surface area (Å²) in [6, 6.07) is 15.8. The standard InChI is InChI=1S/C22H18N2O4/c25-19(17-3-6-20-21(13-17)28-14-27-20)9-12-24-18-4-1-15(2-5-18)22(26)16-7-10-23-11-8-16/h1-8,10-11,13,24H,9,12,14H2. The number of nitrogens with one attached hydrogen (secondary N) is 1. The second kappa shape index (κ2) is 7.92. The van der Waals surface area contributed by atoms with Crippen LogP contribution in [0.5, 0.6) is 11.5 Å². The van der Waals surface area contributed by atoms with E-state index in [1.165, 1.54) is 0 Å². The molecule has 0 aliphatic carbocycles. The lowest BCUT2D eigenvalue weighted by Gasteiger charge is -2.08. The Labute approximate surface area is 162 Å². The summed E-state index contributed by atoms with van der Waals surface area (Å²) >= 11 is 0. The maximum Gasteiger partial charge on any atom is 0.231 e. The van der Waals surface area contributed by atoms with E-state index in [2.05, 4.69) is 10.3 Å². The third-order valence-corrected chi connectivity index (χ3v) is 4.47. The molecule has 0 saturated heterocycles. The minimum Gasteiger partial charge on any atom is -0.454 e. The first-order valence-corrected chi connectivity index (χ1v) is 8.92. The van der Waals surface area contributed by atoms with Crippen LogP contribution < -0.4 is 14.8 Å². The van der Waals surface area contributed by atoms with Gasteiger partial charge < -0.3 is 14.8 Å². The Morgan fingerprint density at radius 3 is 2.32 bits per heavy atom. The molecule has 4 rings (SSSR count). The van der Waals surface area contributed by atoms with Crippen LogP contribution in [0, 0.1) is 0 Å². The summed E-state index contributed by atoms with van der Waals surface area (Å²) in [5.74, 6) is 1.24. The number of carbonyl (C=O) groups excluding carboxylic acids is 2. The maximum atomic E-state index is 12.4. The molecular weight excluding hydrogens is 356 g/mol. The first-order chi connectivity index (χ1) is 13.7. The van der Waals surface area contributed by atoms with Crippen molar-refractivity contribution in [3.8, 4) is 11.5 Å². The van der Waals surface area contributed by atoms with Crippen LogP contribution in [-0.4, -0.2) is 29.9 Å². The van der Waals surface area contributed by atoms with E-state index in [-0.39, 0.29) is 18.4 Å². The van der Waals surface area contributed by atoms with Gasteiger partial charge in [-0.3, -0.25) is 14.6 Å². The molecule has 0 radical (unpaired) electrons. The smallest absolute Gasteiger partial charge is 0.231 e. The Balaban J connectivity index is 1.31. The van der Waals surface area contributed by atoms with Crippen molar-refractivity contribution in [2.45, 2.75) is 6.42 Å². The average Bonchev–Trinajstić information content (AvgIpc) is 3.22. The predicted molar refractivity (Wildman–Crippen MR) is 104 cm³/mol. The lowest BCUT2D eigenvalue weighted by atomic mass is 10.0. The van der Waals surface area contributed by atoms with E-state index in [0.717, 1.165) is 5.69 Å². The van der Waals surface area contributed by atoms with Crippen molar-refractivity contribution in [2.75, 3.05) is 18.7 Å². The molecule has 0 bridgehead atoms. The fourth-order valence-corrected chi connectivity index (χ4v) is 2.94. The molecule has 0 atom stereocenters. The third kappa shape index (κ3) is 3.86. The summed E-state index contributed by atoms with van der Waals surface area (Å²) in [5.41, 5.74) is 2.66. The van der Waals surface area contributed by atoms with E-state index in [9.17, 15) is 9.59 Å². The second-order valence-corrected chi connectivity index (χ2v) is 6.31. The first-order valence-electron chi connectivity index (χ1n) is 8.92. The predicted octanol–water partition coefficient (Wildman–Crippen LogP) is 3.73. The zero-order chi connectivity index (χ0) is 19.3. The largest absolute Gasteiger partial charge is 0.454 e. The van der Waals surface area contributed by atoms with Gasteiger partial charge in [-0.15, -0.1) is 0 Å². The van der Waals surface area contributed by atoms with Gasteiger partial charge in [-0.05, 0) is 54.6 Å². The van der Waals surface area contributed by atoms with Gasteiger partial charge in [0.2, 0.25) is 6.79 Å². The van der Waals surface area contributed by atoms with E-state index >= 15 is 0 Å². The summed E-state index contributed by atoms with van der Waals surface area (Å²) in [7, 11) is 0. The van der Waals surface area contributed by atoms with E-state index in [0.29, 0.717) is 41.2 Å². The number of nitrogens with zero attached hydrogens (tertiary/aromatic N) is 1. The molecule has 0 unspecified atom stereocenters. The van der Waals surface area contributed by atoms with Gasteiger partial charge in [0.05, 0.1) is 0 Å². The number of ether oxygens (including phenoxy) is 2. The number of anilines is 1. The van der Waals surface area contributed by atoms with Gasteiger partial charge in [0.15, 0.2) is 23.1 Å². The van der Waals surface area contributed by atoms with E-state index < -0.39 is 0 Å². The van der Waals surface area contributed by atoms with Crippen LogP contribution in [-0.2, 0) is 0 Å². The number of fused-ring (bicyclic) bond motifs is 1. The zero-order valence-corrected chi connectivity index (χ0v) is 15.1. The average molecular weight is 374 g/mol. The molecule has 1 N–H and O–H groups in total. The molecule has 6 nitrogen and oxygen atoms in total. The zero-order valence-electron chi connectivity index (χ0n) is 15.1. The van der Waals surface area contributed by atoms with Crippen molar-refractivity contribution in [2.24, 2.45) is 0 Å². The molecule has 3 aromatic rings. The van der Waals surface area contributed by atoms with Crippen molar-refractivity contribution >= 4 is 17.3 Å². The number of hydrogen-bond donors (Lipinski definition) is 1. The van der Waals surface area contributed by atoms with Crippen LogP contribution in [0.4, 0.5) is 5.69 Å². The normalized spacial score (nSPS) is 11.9. The summed E-state index contributed by atoms with van der Waals surface area (Å²) in [6.07, 6.45) is 3.54. The number of ketones is 2. The molecule has 1 aliphatic rings. The monoisotopic (exact) mass is 374 g/mol. The van der Waals surface area contributed by atoms with Crippen LogP contribution in [0.2, 0.25) is 0 Å². The molecule has 0 amide bonds. The highest BCUT2D eigenvalue weighted by molar-refractivity contribution is 6.09. The Hall–Kier alpha value is -3.67. The number of rotatable bonds is 7. The maximum absolute atomic E-state index is 12.4. The van der Waals surface area contributed by atoms with Gasteiger partial charge in [-0.25, -0.2) is 0 Å². The molecule has 0 saturated carbocycles. The van der Waals surface area contributed by atoms with Gasteiger partial charge in [-0.1, -0.05) is 0 Å². The molecule has 2 heterocycles.